The van der Waals surface area contributed by atoms with Gasteiger partial charge >= 0.3 is 5.97 Å². The topological polar surface area (TPSA) is 37.3 Å². The van der Waals surface area contributed by atoms with Crippen LogP contribution in [0.25, 0.3) is 0 Å². The van der Waals surface area contributed by atoms with Crippen molar-refractivity contribution in [1.29, 1.82) is 0 Å². The molecule has 0 aliphatic rings. The normalized spacial score (nSPS) is 8.45. The Kier molecular flexibility index (Phi) is 4.85. The first-order valence-electron chi connectivity index (χ1n) is 2.69. The molecule has 11 heavy (non-hydrogen) atoms. The fraction of sp³-hybridized carbons (Fsp3) is 0. The van der Waals surface area contributed by atoms with Crippen molar-refractivity contribution < 1.29 is 29.4 Å². The van der Waals surface area contributed by atoms with Crippen LogP contribution in [-0.2, 0) is 19.5 Å². The molecule has 1 aromatic rings. The van der Waals surface area contributed by atoms with E-state index in [1.54, 1.807) is 24.3 Å². The Morgan fingerprint density at radius 1 is 1.27 bits per heavy atom. The van der Waals surface area contributed by atoms with Crippen LogP contribution in [0.1, 0.15) is 10.4 Å². The van der Waals surface area contributed by atoms with Gasteiger partial charge in [-0.15, -0.1) is 0 Å². The predicted octanol–water partition coefficient (Wildman–Crippen LogP) is 1.99. The van der Waals surface area contributed by atoms with Gasteiger partial charge in [0.15, 0.2) is 0 Å². The van der Waals surface area contributed by atoms with E-state index < -0.39 is 5.97 Å². The van der Waals surface area contributed by atoms with Gasteiger partial charge in [0.1, 0.15) is 0 Å². The van der Waals surface area contributed by atoms with Gasteiger partial charge < -0.3 is 5.11 Å². The maximum Gasteiger partial charge on any atom is 0.335 e. The summed E-state index contributed by atoms with van der Waals surface area (Å²) in [6.45, 7) is 0. The van der Waals surface area contributed by atoms with Gasteiger partial charge in [-0.3, -0.25) is 0 Å². The van der Waals surface area contributed by atoms with E-state index in [1.807, 2.05) is 0 Å². The monoisotopic (exact) mass is 312 g/mol. The van der Waals surface area contributed by atoms with E-state index in [2.05, 4.69) is 22.6 Å². The van der Waals surface area contributed by atoms with Crippen molar-refractivity contribution in [3.8, 4) is 0 Å². The third-order valence-electron chi connectivity index (χ3n) is 1.09. The van der Waals surface area contributed by atoms with E-state index in [0.717, 1.165) is 3.57 Å². The van der Waals surface area contributed by atoms with Gasteiger partial charge in [0.25, 0.3) is 0 Å². The first-order valence-corrected chi connectivity index (χ1v) is 3.77. The zero-order valence-corrected chi connectivity index (χ0v) is 10.9. The first-order chi connectivity index (χ1) is 4.70. The molecule has 0 bridgehead atoms. The number of halogens is 1. The zero-order chi connectivity index (χ0) is 7.56. The Bertz CT molecular complexity index is 245. The predicted molar refractivity (Wildman–Crippen MR) is 46.1 cm³/mol. The van der Waals surface area contributed by atoms with E-state index >= 15 is 0 Å². The molecule has 1 rings (SSSR count). The maximum absolute atomic E-state index is 10.3. The van der Waals surface area contributed by atoms with Crippen LogP contribution in [0, 0.1) is 3.57 Å². The minimum Gasteiger partial charge on any atom is -0.478 e. The molecule has 0 aliphatic carbocycles. The van der Waals surface area contributed by atoms with E-state index in [9.17, 15) is 4.79 Å². The van der Waals surface area contributed by atoms with Gasteiger partial charge in [-0.2, -0.15) is 0 Å². The number of carboxylic acids is 1. The van der Waals surface area contributed by atoms with Crippen LogP contribution < -0.4 is 0 Å². The Morgan fingerprint density at radius 2 is 1.73 bits per heavy atom. The number of hydrogen-bond donors (Lipinski definition) is 1. The average molecular weight is 313 g/mol. The molecular formula is C7H5IO2Zn. The second-order valence-electron chi connectivity index (χ2n) is 1.81. The number of carbonyl (C=O) groups is 1. The third kappa shape index (κ3) is 3.29. The first kappa shape index (κ1) is 11.0. The fourth-order valence-corrected chi connectivity index (χ4v) is 0.952. The molecule has 0 heterocycles. The second kappa shape index (κ2) is 4.83. The van der Waals surface area contributed by atoms with Crippen molar-refractivity contribution in [1.82, 2.24) is 0 Å². The Hall–Kier alpha value is 0.0434. The molecule has 0 saturated carbocycles. The van der Waals surface area contributed by atoms with Gasteiger partial charge in [0, 0.05) is 23.0 Å². The van der Waals surface area contributed by atoms with E-state index in [1.165, 1.54) is 0 Å². The van der Waals surface area contributed by atoms with Crippen LogP contribution in [0.4, 0.5) is 0 Å². The molecule has 1 N–H and O–H groups in total. The van der Waals surface area contributed by atoms with Crippen molar-refractivity contribution in [2.45, 2.75) is 0 Å². The van der Waals surface area contributed by atoms with Crippen LogP contribution in [-0.4, -0.2) is 11.1 Å². The summed E-state index contributed by atoms with van der Waals surface area (Å²) in [5.41, 5.74) is 0.334. The quantitative estimate of drug-likeness (QED) is 0.636. The van der Waals surface area contributed by atoms with Crippen molar-refractivity contribution in [2.75, 3.05) is 0 Å². The van der Waals surface area contributed by atoms with Crippen LogP contribution in [0.3, 0.4) is 0 Å². The van der Waals surface area contributed by atoms with Crippen molar-refractivity contribution in [2.24, 2.45) is 0 Å². The largest absolute Gasteiger partial charge is 0.478 e. The van der Waals surface area contributed by atoms with E-state index in [-0.39, 0.29) is 19.5 Å². The minimum absolute atomic E-state index is 0. The number of benzene rings is 1. The standard InChI is InChI=1S/C7H5IO2.Zn/c8-6-3-1-5(2-4-6)7(9)10;/h1-4H,(H,9,10);. The smallest absolute Gasteiger partial charge is 0.335 e. The Morgan fingerprint density at radius 3 is 2.09 bits per heavy atom. The molecule has 0 radical (unpaired) electrons. The molecule has 2 nitrogen and oxygen atoms in total. The summed E-state index contributed by atoms with van der Waals surface area (Å²) in [6.07, 6.45) is 0. The molecule has 0 saturated heterocycles. The molecule has 0 unspecified atom stereocenters. The molecule has 0 atom stereocenters. The number of hydrogen-bond acceptors (Lipinski definition) is 1. The van der Waals surface area contributed by atoms with Crippen molar-refractivity contribution in [3.05, 3.63) is 33.4 Å². The van der Waals surface area contributed by atoms with Crippen LogP contribution in [0.15, 0.2) is 24.3 Å². The summed E-state index contributed by atoms with van der Waals surface area (Å²) >= 11 is 2.13. The SMILES string of the molecule is O=C(O)c1ccc(I)cc1.[Zn]. The summed E-state index contributed by atoms with van der Waals surface area (Å²) in [5.74, 6) is -0.878. The number of rotatable bonds is 1. The molecule has 0 aromatic heterocycles. The summed E-state index contributed by atoms with van der Waals surface area (Å²) in [5, 5.41) is 8.47. The van der Waals surface area contributed by atoms with Gasteiger partial charge in [0.2, 0.25) is 0 Å². The average Bonchev–Trinajstić information content (AvgIpc) is 1.88. The van der Waals surface area contributed by atoms with Crippen molar-refractivity contribution in [3.63, 3.8) is 0 Å². The summed E-state index contributed by atoms with van der Waals surface area (Å²) in [4.78, 5) is 10.3. The molecule has 4 heteroatoms. The molecule has 0 spiro atoms. The van der Waals surface area contributed by atoms with E-state index in [4.69, 9.17) is 5.11 Å². The molecule has 54 valence electrons. The molecular weight excluding hydrogens is 308 g/mol. The zero-order valence-electron chi connectivity index (χ0n) is 5.75. The van der Waals surface area contributed by atoms with Crippen LogP contribution in [0.2, 0.25) is 0 Å². The van der Waals surface area contributed by atoms with Gasteiger partial charge in [0.05, 0.1) is 5.56 Å². The molecule has 0 aliphatic heterocycles. The summed E-state index contributed by atoms with van der Waals surface area (Å²) in [6, 6.07) is 6.71. The van der Waals surface area contributed by atoms with Crippen molar-refractivity contribution >= 4 is 28.6 Å². The van der Waals surface area contributed by atoms with Gasteiger partial charge in [-0.25, -0.2) is 4.79 Å². The van der Waals surface area contributed by atoms with Gasteiger partial charge in [-0.1, -0.05) is 0 Å². The Balaban J connectivity index is 0.000001000. The summed E-state index contributed by atoms with van der Waals surface area (Å²) in [7, 11) is 0. The van der Waals surface area contributed by atoms with Gasteiger partial charge in [-0.05, 0) is 46.9 Å². The molecule has 0 fully saturated rings. The number of carboxylic acid groups (broad SMARTS) is 1. The maximum atomic E-state index is 10.3. The fourth-order valence-electron chi connectivity index (χ4n) is 0.592. The van der Waals surface area contributed by atoms with Crippen LogP contribution in [0.5, 0.6) is 0 Å². The number of aromatic carboxylic acids is 1. The third-order valence-corrected chi connectivity index (χ3v) is 1.81. The Labute approximate surface area is 90.9 Å². The van der Waals surface area contributed by atoms with E-state index in [0.29, 0.717) is 5.56 Å². The second-order valence-corrected chi connectivity index (χ2v) is 3.06. The minimum atomic E-state index is -0.878. The molecule has 0 amide bonds. The van der Waals surface area contributed by atoms with Crippen LogP contribution >= 0.6 is 22.6 Å². The summed E-state index contributed by atoms with van der Waals surface area (Å²) < 4.78 is 1.04. The molecule has 1 aromatic carbocycles.